The van der Waals surface area contributed by atoms with Gasteiger partial charge in [-0.05, 0) is 43.7 Å². The van der Waals surface area contributed by atoms with Gasteiger partial charge in [0, 0.05) is 25.0 Å². The number of hydrogen-bond acceptors (Lipinski definition) is 7. The van der Waals surface area contributed by atoms with Crippen molar-refractivity contribution in [2.75, 3.05) is 6.54 Å². The molecule has 1 saturated heterocycles. The lowest BCUT2D eigenvalue weighted by atomic mass is 10.2. The van der Waals surface area contributed by atoms with Crippen molar-refractivity contribution in [2.45, 2.75) is 25.4 Å². The molecule has 0 amide bonds. The molecule has 0 N–H and O–H groups in total. The van der Waals surface area contributed by atoms with Crippen LogP contribution in [0.25, 0.3) is 17.2 Å². The third kappa shape index (κ3) is 3.07. The zero-order valence-electron chi connectivity index (χ0n) is 15.1. The van der Waals surface area contributed by atoms with Crippen molar-refractivity contribution in [1.29, 1.82) is 0 Å². The second-order valence-electron chi connectivity index (χ2n) is 6.81. The van der Waals surface area contributed by atoms with Crippen LogP contribution in [0.2, 0.25) is 0 Å². The Kier molecular flexibility index (Phi) is 4.17. The van der Waals surface area contributed by atoms with Crippen molar-refractivity contribution in [1.82, 2.24) is 29.4 Å². The minimum atomic E-state index is -0.0772. The van der Waals surface area contributed by atoms with Crippen molar-refractivity contribution < 1.29 is 4.52 Å². The summed E-state index contributed by atoms with van der Waals surface area (Å²) in [5.41, 5.74) is 2.00. The summed E-state index contributed by atoms with van der Waals surface area (Å²) in [4.78, 5) is 28.0. The van der Waals surface area contributed by atoms with Crippen molar-refractivity contribution in [3.05, 3.63) is 76.8 Å². The lowest BCUT2D eigenvalue weighted by molar-refractivity contribution is 0.199. The predicted molar refractivity (Wildman–Crippen MR) is 101 cm³/mol. The summed E-state index contributed by atoms with van der Waals surface area (Å²) in [5.74, 6) is 1.07. The first-order valence-corrected chi connectivity index (χ1v) is 9.24. The lowest BCUT2D eigenvalue weighted by Crippen LogP contribution is -2.25. The molecule has 5 rings (SSSR count). The molecule has 0 bridgehead atoms. The van der Waals surface area contributed by atoms with E-state index in [1.54, 1.807) is 22.9 Å². The van der Waals surface area contributed by atoms with Crippen molar-refractivity contribution in [3.8, 4) is 11.5 Å². The molecule has 1 atom stereocenters. The highest BCUT2D eigenvalue weighted by atomic mass is 16.5. The van der Waals surface area contributed by atoms with Crippen LogP contribution in [-0.4, -0.2) is 36.0 Å². The Morgan fingerprint density at radius 3 is 2.96 bits per heavy atom. The van der Waals surface area contributed by atoms with E-state index < -0.39 is 0 Å². The molecule has 0 aromatic carbocycles. The van der Waals surface area contributed by atoms with E-state index >= 15 is 0 Å². The van der Waals surface area contributed by atoms with Gasteiger partial charge in [-0.2, -0.15) is 4.98 Å². The maximum Gasteiger partial charge on any atom is 0.258 e. The van der Waals surface area contributed by atoms with E-state index in [2.05, 4.69) is 25.0 Å². The van der Waals surface area contributed by atoms with Gasteiger partial charge in [0.2, 0.25) is 11.7 Å². The van der Waals surface area contributed by atoms with Gasteiger partial charge < -0.3 is 4.52 Å². The molecule has 0 spiro atoms. The SMILES string of the molecule is O=c1cc(CN2CCC[C@H]2c2nc(-c3ccccn3)no2)nc2ccccn12. The van der Waals surface area contributed by atoms with Gasteiger partial charge in [-0.25, -0.2) is 4.98 Å². The normalized spacial score (nSPS) is 17.4. The summed E-state index contributed by atoms with van der Waals surface area (Å²) >= 11 is 0. The van der Waals surface area contributed by atoms with Gasteiger partial charge in [0.1, 0.15) is 11.3 Å². The number of likely N-dealkylation sites (tertiary alicyclic amines) is 1. The number of hydrogen-bond donors (Lipinski definition) is 0. The molecule has 0 radical (unpaired) electrons. The monoisotopic (exact) mass is 374 g/mol. The summed E-state index contributed by atoms with van der Waals surface area (Å²) < 4.78 is 7.08. The zero-order chi connectivity index (χ0) is 18.9. The standard InChI is InChI=1S/C20H18N6O2/c27-18-12-14(22-17-8-2-4-11-26(17)18)13-25-10-5-7-16(25)20-23-19(24-28-20)15-6-1-3-9-21-15/h1-4,6,8-9,11-12,16H,5,7,10,13H2/t16-/m0/s1. The molecule has 4 aromatic rings. The van der Waals surface area contributed by atoms with Crippen LogP contribution in [-0.2, 0) is 6.54 Å². The fourth-order valence-corrected chi connectivity index (χ4v) is 3.66. The van der Waals surface area contributed by atoms with Gasteiger partial charge in [-0.15, -0.1) is 0 Å². The topological polar surface area (TPSA) is 89.4 Å². The minimum absolute atomic E-state index is 0.0148. The van der Waals surface area contributed by atoms with Crippen LogP contribution in [0.15, 0.2) is 64.2 Å². The van der Waals surface area contributed by atoms with Crippen LogP contribution in [0.4, 0.5) is 0 Å². The third-order valence-electron chi connectivity index (χ3n) is 4.97. The first-order valence-electron chi connectivity index (χ1n) is 9.24. The molecule has 1 aliphatic heterocycles. The minimum Gasteiger partial charge on any atom is -0.337 e. The van der Waals surface area contributed by atoms with E-state index in [0.717, 1.165) is 25.1 Å². The van der Waals surface area contributed by atoms with E-state index in [1.165, 1.54) is 0 Å². The van der Waals surface area contributed by atoms with Crippen LogP contribution >= 0.6 is 0 Å². The Morgan fingerprint density at radius 2 is 2.07 bits per heavy atom. The molecule has 1 aliphatic rings. The number of aromatic nitrogens is 5. The average Bonchev–Trinajstić information content (AvgIpc) is 3.38. The summed E-state index contributed by atoms with van der Waals surface area (Å²) in [6.45, 7) is 1.45. The van der Waals surface area contributed by atoms with E-state index in [-0.39, 0.29) is 11.6 Å². The van der Waals surface area contributed by atoms with Gasteiger partial charge in [0.15, 0.2) is 0 Å². The Balaban J connectivity index is 1.41. The van der Waals surface area contributed by atoms with Gasteiger partial charge in [-0.1, -0.05) is 17.3 Å². The molecule has 0 unspecified atom stereocenters. The van der Waals surface area contributed by atoms with Crippen molar-refractivity contribution in [2.24, 2.45) is 0 Å². The molecule has 0 aliphatic carbocycles. The molecule has 1 fully saturated rings. The van der Waals surface area contributed by atoms with Crippen molar-refractivity contribution >= 4 is 5.65 Å². The Labute approximate surface area is 160 Å². The van der Waals surface area contributed by atoms with Crippen LogP contribution in [0.3, 0.4) is 0 Å². The van der Waals surface area contributed by atoms with Crippen LogP contribution in [0, 0.1) is 0 Å². The maximum absolute atomic E-state index is 12.3. The summed E-state index contributed by atoms with van der Waals surface area (Å²) in [6, 6.07) is 12.7. The van der Waals surface area contributed by atoms with Gasteiger partial charge in [0.25, 0.3) is 5.56 Å². The van der Waals surface area contributed by atoms with Crippen LogP contribution in [0.5, 0.6) is 0 Å². The summed E-state index contributed by atoms with van der Waals surface area (Å²) in [7, 11) is 0. The second kappa shape index (κ2) is 6.97. The Bertz CT molecular complexity index is 1170. The first kappa shape index (κ1) is 16.8. The maximum atomic E-state index is 12.3. The average molecular weight is 374 g/mol. The lowest BCUT2D eigenvalue weighted by Gasteiger charge is -2.20. The van der Waals surface area contributed by atoms with E-state index in [0.29, 0.717) is 29.6 Å². The molecule has 28 heavy (non-hydrogen) atoms. The second-order valence-corrected chi connectivity index (χ2v) is 6.81. The molecular weight excluding hydrogens is 356 g/mol. The molecule has 8 heteroatoms. The fraction of sp³-hybridized carbons (Fsp3) is 0.250. The molecule has 5 heterocycles. The van der Waals surface area contributed by atoms with Gasteiger partial charge >= 0.3 is 0 Å². The summed E-state index contributed by atoms with van der Waals surface area (Å²) in [6.07, 6.45) is 5.39. The number of fused-ring (bicyclic) bond motifs is 1. The molecular formula is C20H18N6O2. The van der Waals surface area contributed by atoms with Crippen LogP contribution < -0.4 is 5.56 Å². The molecule has 8 nitrogen and oxygen atoms in total. The Morgan fingerprint density at radius 1 is 1.14 bits per heavy atom. The highest BCUT2D eigenvalue weighted by Crippen LogP contribution is 2.32. The predicted octanol–water partition coefficient (Wildman–Crippen LogP) is 2.48. The number of nitrogens with zero attached hydrogens (tertiary/aromatic N) is 6. The van der Waals surface area contributed by atoms with E-state index in [1.807, 2.05) is 36.4 Å². The van der Waals surface area contributed by atoms with E-state index in [9.17, 15) is 4.79 Å². The third-order valence-corrected chi connectivity index (χ3v) is 4.97. The first-order chi connectivity index (χ1) is 13.8. The zero-order valence-corrected chi connectivity index (χ0v) is 15.1. The summed E-state index contributed by atoms with van der Waals surface area (Å²) in [5, 5.41) is 4.08. The highest BCUT2D eigenvalue weighted by molar-refractivity contribution is 5.47. The molecule has 140 valence electrons. The number of rotatable bonds is 4. The fourth-order valence-electron chi connectivity index (χ4n) is 3.66. The van der Waals surface area contributed by atoms with Gasteiger partial charge in [0.05, 0.1) is 11.7 Å². The van der Waals surface area contributed by atoms with Crippen molar-refractivity contribution in [3.63, 3.8) is 0 Å². The highest BCUT2D eigenvalue weighted by Gasteiger charge is 2.31. The largest absolute Gasteiger partial charge is 0.337 e. The van der Waals surface area contributed by atoms with Crippen LogP contribution in [0.1, 0.15) is 30.5 Å². The Hall–Kier alpha value is -3.39. The van der Waals surface area contributed by atoms with Gasteiger partial charge in [-0.3, -0.25) is 19.1 Å². The molecule has 0 saturated carbocycles. The molecule has 4 aromatic heterocycles. The number of pyridine rings is 2. The smallest absolute Gasteiger partial charge is 0.258 e. The quantitative estimate of drug-likeness (QED) is 0.542. The van der Waals surface area contributed by atoms with E-state index in [4.69, 9.17) is 4.52 Å².